The second-order valence-corrected chi connectivity index (χ2v) is 4.75. The quantitative estimate of drug-likeness (QED) is 0.733. The first-order valence-electron chi connectivity index (χ1n) is 6.40. The molecule has 0 bridgehead atoms. The average Bonchev–Trinajstić information content (AvgIpc) is 2.74. The Morgan fingerprint density at radius 1 is 0.950 bits per heavy atom. The van der Waals surface area contributed by atoms with Gasteiger partial charge < -0.3 is 5.32 Å². The van der Waals surface area contributed by atoms with E-state index in [0.29, 0.717) is 5.69 Å². The van der Waals surface area contributed by atoms with Crippen molar-refractivity contribution in [2.75, 3.05) is 5.32 Å². The number of carbonyl (C=O) groups is 2. The minimum Gasteiger partial charge on any atom is -0.324 e. The van der Waals surface area contributed by atoms with Crippen molar-refractivity contribution in [3.05, 3.63) is 42.5 Å². The van der Waals surface area contributed by atoms with Gasteiger partial charge in [0.15, 0.2) is 0 Å². The summed E-state index contributed by atoms with van der Waals surface area (Å²) >= 11 is 0. The highest BCUT2D eigenvalue weighted by atomic mass is 16.2. The first kappa shape index (κ1) is 12.4. The predicted octanol–water partition coefficient (Wildman–Crippen LogP) is 3.41. The van der Waals surface area contributed by atoms with Crippen molar-refractivity contribution in [2.24, 2.45) is 0 Å². The van der Waals surface area contributed by atoms with E-state index in [0.717, 1.165) is 21.8 Å². The van der Waals surface area contributed by atoms with E-state index in [1.807, 2.05) is 42.5 Å². The van der Waals surface area contributed by atoms with Crippen molar-refractivity contribution in [1.29, 1.82) is 0 Å². The summed E-state index contributed by atoms with van der Waals surface area (Å²) in [6.07, 6.45) is 0. The monoisotopic (exact) mass is 266 g/mol. The molecule has 0 fully saturated rings. The number of hydrogen-bond donors (Lipinski definition) is 1. The Hall–Kier alpha value is -2.62. The van der Waals surface area contributed by atoms with Gasteiger partial charge >= 0.3 is 0 Å². The van der Waals surface area contributed by atoms with E-state index in [1.165, 1.54) is 13.8 Å². The number of anilines is 1. The van der Waals surface area contributed by atoms with Crippen molar-refractivity contribution in [3.8, 4) is 0 Å². The van der Waals surface area contributed by atoms with Crippen molar-refractivity contribution >= 4 is 39.3 Å². The highest BCUT2D eigenvalue weighted by molar-refractivity contribution is 6.17. The highest BCUT2D eigenvalue weighted by Crippen LogP contribution is 2.33. The zero-order valence-corrected chi connectivity index (χ0v) is 11.3. The number of amides is 1. The van der Waals surface area contributed by atoms with Crippen LogP contribution < -0.4 is 5.32 Å². The number of benzene rings is 2. The molecule has 100 valence electrons. The second-order valence-electron chi connectivity index (χ2n) is 4.75. The molecule has 0 aliphatic carbocycles. The van der Waals surface area contributed by atoms with Crippen LogP contribution in [0.5, 0.6) is 0 Å². The molecule has 2 aromatic carbocycles. The van der Waals surface area contributed by atoms with Crippen molar-refractivity contribution < 1.29 is 9.59 Å². The number of fused-ring (bicyclic) bond motifs is 3. The minimum absolute atomic E-state index is 0.0750. The number of hydrogen-bond acceptors (Lipinski definition) is 2. The third kappa shape index (κ3) is 1.77. The Kier molecular flexibility index (Phi) is 2.79. The third-order valence-corrected chi connectivity index (χ3v) is 3.32. The molecule has 0 spiro atoms. The van der Waals surface area contributed by atoms with E-state index in [1.54, 1.807) is 4.57 Å². The average molecular weight is 266 g/mol. The largest absolute Gasteiger partial charge is 0.324 e. The van der Waals surface area contributed by atoms with Crippen LogP contribution in [0.1, 0.15) is 18.6 Å². The molecular weight excluding hydrogens is 252 g/mol. The fraction of sp³-hybridized carbons (Fsp3) is 0.125. The molecule has 0 saturated heterocycles. The summed E-state index contributed by atoms with van der Waals surface area (Å²) in [5.41, 5.74) is 2.26. The van der Waals surface area contributed by atoms with Crippen LogP contribution in [-0.2, 0) is 4.79 Å². The Morgan fingerprint density at radius 2 is 1.65 bits per heavy atom. The summed E-state index contributed by atoms with van der Waals surface area (Å²) < 4.78 is 1.65. The molecule has 0 atom stereocenters. The van der Waals surface area contributed by atoms with Gasteiger partial charge in [-0.3, -0.25) is 14.2 Å². The standard InChI is InChI=1S/C16H14N2O2/c1-10(19)17-14-8-5-7-13-12-6-3-4-9-15(12)18(11(2)20)16(13)14/h3-9H,1-2H3,(H,17,19). The van der Waals surface area contributed by atoms with Crippen LogP contribution in [0, 0.1) is 0 Å². The normalized spacial score (nSPS) is 10.9. The van der Waals surface area contributed by atoms with Crippen LogP contribution >= 0.6 is 0 Å². The summed E-state index contributed by atoms with van der Waals surface area (Å²) in [6, 6.07) is 13.4. The van der Waals surface area contributed by atoms with Crippen LogP contribution in [0.4, 0.5) is 5.69 Å². The maximum absolute atomic E-state index is 12.0. The molecule has 3 aromatic rings. The first-order chi connectivity index (χ1) is 9.59. The summed E-state index contributed by atoms with van der Waals surface area (Å²) in [6.45, 7) is 2.98. The molecule has 4 nitrogen and oxygen atoms in total. The fourth-order valence-electron chi connectivity index (χ4n) is 2.64. The van der Waals surface area contributed by atoms with Crippen LogP contribution in [0.25, 0.3) is 21.8 Å². The van der Waals surface area contributed by atoms with Crippen LogP contribution in [0.15, 0.2) is 42.5 Å². The molecule has 0 saturated carbocycles. The van der Waals surface area contributed by atoms with Gasteiger partial charge in [0.05, 0.1) is 16.7 Å². The predicted molar refractivity (Wildman–Crippen MR) is 80.0 cm³/mol. The zero-order chi connectivity index (χ0) is 14.3. The van der Waals surface area contributed by atoms with Gasteiger partial charge in [-0.25, -0.2) is 0 Å². The van der Waals surface area contributed by atoms with E-state index in [-0.39, 0.29) is 11.8 Å². The molecule has 0 unspecified atom stereocenters. The molecule has 1 aromatic heterocycles. The number of nitrogens with zero attached hydrogens (tertiary/aromatic N) is 1. The molecule has 3 rings (SSSR count). The van der Waals surface area contributed by atoms with Gasteiger partial charge in [0, 0.05) is 24.6 Å². The lowest BCUT2D eigenvalue weighted by Crippen LogP contribution is -2.10. The van der Waals surface area contributed by atoms with E-state index in [2.05, 4.69) is 5.32 Å². The van der Waals surface area contributed by atoms with Gasteiger partial charge in [-0.15, -0.1) is 0 Å². The summed E-state index contributed by atoms with van der Waals surface area (Å²) in [5.74, 6) is -0.230. The van der Waals surface area contributed by atoms with Crippen molar-refractivity contribution in [3.63, 3.8) is 0 Å². The summed E-state index contributed by atoms with van der Waals surface area (Å²) in [4.78, 5) is 23.4. The van der Waals surface area contributed by atoms with E-state index in [4.69, 9.17) is 0 Å². The zero-order valence-electron chi connectivity index (χ0n) is 11.3. The lowest BCUT2D eigenvalue weighted by atomic mass is 10.1. The maximum Gasteiger partial charge on any atom is 0.228 e. The molecule has 1 N–H and O–H groups in total. The van der Waals surface area contributed by atoms with Gasteiger partial charge in [-0.05, 0) is 12.1 Å². The second kappa shape index (κ2) is 4.49. The number of para-hydroxylation sites is 2. The topological polar surface area (TPSA) is 51.1 Å². The number of rotatable bonds is 1. The van der Waals surface area contributed by atoms with Crippen LogP contribution in [-0.4, -0.2) is 16.4 Å². The molecule has 20 heavy (non-hydrogen) atoms. The first-order valence-corrected chi connectivity index (χ1v) is 6.40. The Morgan fingerprint density at radius 3 is 2.35 bits per heavy atom. The van der Waals surface area contributed by atoms with E-state index >= 15 is 0 Å². The molecule has 4 heteroatoms. The third-order valence-electron chi connectivity index (χ3n) is 3.32. The van der Waals surface area contributed by atoms with Crippen LogP contribution in [0.3, 0.4) is 0 Å². The van der Waals surface area contributed by atoms with Gasteiger partial charge in [0.1, 0.15) is 0 Å². The molecule has 1 heterocycles. The molecular formula is C16H14N2O2. The van der Waals surface area contributed by atoms with Crippen LogP contribution in [0.2, 0.25) is 0 Å². The highest BCUT2D eigenvalue weighted by Gasteiger charge is 2.16. The number of aromatic nitrogens is 1. The van der Waals surface area contributed by atoms with E-state index in [9.17, 15) is 9.59 Å². The van der Waals surface area contributed by atoms with Crippen molar-refractivity contribution in [1.82, 2.24) is 4.57 Å². The van der Waals surface area contributed by atoms with Crippen molar-refractivity contribution in [2.45, 2.75) is 13.8 Å². The molecule has 0 aliphatic heterocycles. The molecule has 0 aliphatic rings. The fourth-order valence-corrected chi connectivity index (χ4v) is 2.64. The Bertz CT molecular complexity index is 846. The van der Waals surface area contributed by atoms with Gasteiger partial charge in [-0.1, -0.05) is 30.3 Å². The molecule has 0 radical (unpaired) electrons. The lowest BCUT2D eigenvalue weighted by Gasteiger charge is -2.07. The Labute approximate surface area is 116 Å². The van der Waals surface area contributed by atoms with E-state index < -0.39 is 0 Å². The lowest BCUT2D eigenvalue weighted by molar-refractivity contribution is -0.114. The number of nitrogens with one attached hydrogen (secondary N) is 1. The SMILES string of the molecule is CC(=O)Nc1cccc2c3ccccc3n(C(C)=O)c12. The smallest absolute Gasteiger partial charge is 0.228 e. The molecule has 1 amide bonds. The van der Waals surface area contributed by atoms with Gasteiger partial charge in [0.2, 0.25) is 11.8 Å². The maximum atomic E-state index is 12.0. The number of carbonyl (C=O) groups excluding carboxylic acids is 2. The van der Waals surface area contributed by atoms with Gasteiger partial charge in [-0.2, -0.15) is 0 Å². The minimum atomic E-state index is -0.155. The summed E-state index contributed by atoms with van der Waals surface area (Å²) in [5, 5.41) is 4.76. The summed E-state index contributed by atoms with van der Waals surface area (Å²) in [7, 11) is 0. The van der Waals surface area contributed by atoms with Gasteiger partial charge in [0.25, 0.3) is 0 Å². The Balaban J connectivity index is 2.50.